The second kappa shape index (κ2) is 9.88. The van der Waals surface area contributed by atoms with Gasteiger partial charge in [-0.25, -0.2) is 0 Å². The van der Waals surface area contributed by atoms with Crippen molar-refractivity contribution in [3.05, 3.63) is 84.0 Å². The first-order chi connectivity index (χ1) is 12.9. The number of aliphatic imine (C=N–C) groups is 2. The quantitative estimate of drug-likeness (QED) is 0.589. The fourth-order valence-corrected chi connectivity index (χ4v) is 2.25. The first-order valence-electron chi connectivity index (χ1n) is 8.52. The van der Waals surface area contributed by atoms with E-state index >= 15 is 0 Å². The standard InChI is InChI=1S/C20H20N6/c1-3-9-23-17(5-1)7-11-21-13-19-15-26-20(16-25-19)14-22-12-8-18-6-2-4-10-24-18/h1-6,9-10,13-16H,7-8,11-12H2. The Kier molecular flexibility index (Phi) is 6.67. The normalized spacial score (nSPS) is 11.4. The minimum atomic E-state index is 0.676. The summed E-state index contributed by atoms with van der Waals surface area (Å²) in [5.74, 6) is 0. The molecule has 0 saturated carbocycles. The molecule has 3 rings (SSSR count). The fourth-order valence-electron chi connectivity index (χ4n) is 2.25. The monoisotopic (exact) mass is 344 g/mol. The van der Waals surface area contributed by atoms with Gasteiger partial charge in [-0.2, -0.15) is 0 Å². The van der Waals surface area contributed by atoms with Crippen LogP contribution in [-0.4, -0.2) is 45.5 Å². The molecule has 6 heteroatoms. The summed E-state index contributed by atoms with van der Waals surface area (Å²) in [4.78, 5) is 25.9. The molecule has 6 nitrogen and oxygen atoms in total. The van der Waals surface area contributed by atoms with Gasteiger partial charge in [-0.05, 0) is 24.3 Å². The van der Waals surface area contributed by atoms with E-state index in [0.717, 1.165) is 35.6 Å². The average molecular weight is 344 g/mol. The van der Waals surface area contributed by atoms with Crippen molar-refractivity contribution >= 4 is 12.4 Å². The van der Waals surface area contributed by atoms with Crippen LogP contribution in [0.4, 0.5) is 0 Å². The van der Waals surface area contributed by atoms with Crippen molar-refractivity contribution in [2.24, 2.45) is 9.98 Å². The smallest absolute Gasteiger partial charge is 0.0991 e. The van der Waals surface area contributed by atoms with Gasteiger partial charge in [0.25, 0.3) is 0 Å². The van der Waals surface area contributed by atoms with Crippen LogP contribution in [0.25, 0.3) is 0 Å². The lowest BCUT2D eigenvalue weighted by molar-refractivity contribution is 0.924. The van der Waals surface area contributed by atoms with E-state index in [1.54, 1.807) is 37.2 Å². The lowest BCUT2D eigenvalue weighted by atomic mass is 10.3. The first kappa shape index (κ1) is 17.5. The van der Waals surface area contributed by atoms with Crippen molar-refractivity contribution in [3.63, 3.8) is 0 Å². The topological polar surface area (TPSA) is 76.3 Å². The van der Waals surface area contributed by atoms with Crippen molar-refractivity contribution in [1.82, 2.24) is 19.9 Å². The van der Waals surface area contributed by atoms with Crippen molar-refractivity contribution in [3.8, 4) is 0 Å². The molecule has 26 heavy (non-hydrogen) atoms. The molecule has 0 spiro atoms. The molecule has 0 atom stereocenters. The van der Waals surface area contributed by atoms with Gasteiger partial charge >= 0.3 is 0 Å². The van der Waals surface area contributed by atoms with Gasteiger partial charge in [-0.3, -0.25) is 29.9 Å². The molecule has 0 aliphatic carbocycles. The van der Waals surface area contributed by atoms with E-state index in [1.807, 2.05) is 36.4 Å². The molecule has 0 N–H and O–H groups in total. The molecule has 3 aromatic heterocycles. The number of nitrogens with zero attached hydrogens (tertiary/aromatic N) is 6. The van der Waals surface area contributed by atoms with E-state index in [-0.39, 0.29) is 0 Å². The van der Waals surface area contributed by atoms with Crippen LogP contribution < -0.4 is 0 Å². The number of rotatable bonds is 8. The zero-order valence-electron chi connectivity index (χ0n) is 14.4. The Morgan fingerprint density at radius 3 is 1.54 bits per heavy atom. The zero-order chi connectivity index (χ0) is 17.9. The molecular formula is C20H20N6. The second-order valence-electron chi connectivity index (χ2n) is 5.58. The van der Waals surface area contributed by atoms with Crippen LogP contribution in [0.5, 0.6) is 0 Å². The van der Waals surface area contributed by atoms with Gasteiger partial charge < -0.3 is 0 Å². The van der Waals surface area contributed by atoms with Gasteiger partial charge in [0.2, 0.25) is 0 Å². The highest BCUT2D eigenvalue weighted by Gasteiger charge is 1.95. The van der Waals surface area contributed by atoms with E-state index in [0.29, 0.717) is 13.1 Å². The highest BCUT2D eigenvalue weighted by atomic mass is 14.8. The van der Waals surface area contributed by atoms with Crippen LogP contribution in [0.1, 0.15) is 22.8 Å². The molecule has 0 unspecified atom stereocenters. The summed E-state index contributed by atoms with van der Waals surface area (Å²) in [7, 11) is 0. The van der Waals surface area contributed by atoms with Crippen LogP contribution in [0.3, 0.4) is 0 Å². The number of hydrogen-bond acceptors (Lipinski definition) is 6. The van der Waals surface area contributed by atoms with E-state index in [4.69, 9.17) is 0 Å². The lowest BCUT2D eigenvalue weighted by Gasteiger charge is -1.97. The lowest BCUT2D eigenvalue weighted by Crippen LogP contribution is -1.97. The Balaban J connectivity index is 1.42. The van der Waals surface area contributed by atoms with Gasteiger partial charge in [0.15, 0.2) is 0 Å². The molecular weight excluding hydrogens is 324 g/mol. The number of aromatic nitrogens is 4. The molecule has 0 radical (unpaired) electrons. The van der Waals surface area contributed by atoms with Gasteiger partial charge in [0, 0.05) is 62.1 Å². The molecule has 0 aromatic carbocycles. The molecule has 3 heterocycles. The minimum absolute atomic E-state index is 0.676. The Labute approximate surface area is 152 Å². The van der Waals surface area contributed by atoms with Crippen LogP contribution in [-0.2, 0) is 12.8 Å². The summed E-state index contributed by atoms with van der Waals surface area (Å²) in [6, 6.07) is 11.8. The van der Waals surface area contributed by atoms with E-state index in [2.05, 4.69) is 29.9 Å². The predicted octanol–water partition coefficient (Wildman–Crippen LogP) is 2.59. The first-order valence-corrected chi connectivity index (χ1v) is 8.52. The molecule has 0 fully saturated rings. The second-order valence-corrected chi connectivity index (χ2v) is 5.58. The van der Waals surface area contributed by atoms with Gasteiger partial charge in [-0.1, -0.05) is 12.1 Å². The van der Waals surface area contributed by atoms with Gasteiger partial charge in [0.1, 0.15) is 0 Å². The molecule has 0 bridgehead atoms. The molecule has 0 amide bonds. The van der Waals surface area contributed by atoms with Crippen LogP contribution >= 0.6 is 0 Å². The predicted molar refractivity (Wildman–Crippen MR) is 103 cm³/mol. The van der Waals surface area contributed by atoms with Crippen LogP contribution in [0, 0.1) is 0 Å². The van der Waals surface area contributed by atoms with Crippen molar-refractivity contribution in [1.29, 1.82) is 0 Å². The van der Waals surface area contributed by atoms with Crippen molar-refractivity contribution < 1.29 is 0 Å². The summed E-state index contributed by atoms with van der Waals surface area (Å²) in [5, 5.41) is 0. The third kappa shape index (κ3) is 5.98. The number of hydrogen-bond donors (Lipinski definition) is 0. The Bertz CT molecular complexity index is 757. The highest BCUT2D eigenvalue weighted by molar-refractivity contribution is 5.79. The van der Waals surface area contributed by atoms with Gasteiger partial charge in [0.05, 0.1) is 23.8 Å². The summed E-state index contributed by atoms with van der Waals surface area (Å²) >= 11 is 0. The van der Waals surface area contributed by atoms with Crippen LogP contribution in [0.15, 0.2) is 71.2 Å². The average Bonchev–Trinajstić information content (AvgIpc) is 2.71. The summed E-state index contributed by atoms with van der Waals surface area (Å²) in [5.41, 5.74) is 3.54. The number of pyridine rings is 2. The molecule has 0 aliphatic rings. The zero-order valence-corrected chi connectivity index (χ0v) is 14.4. The summed E-state index contributed by atoms with van der Waals surface area (Å²) in [6.45, 7) is 1.35. The Hall–Kier alpha value is -3.28. The molecule has 0 saturated heterocycles. The molecule has 3 aromatic rings. The largest absolute Gasteiger partial charge is 0.290 e. The van der Waals surface area contributed by atoms with E-state index in [9.17, 15) is 0 Å². The van der Waals surface area contributed by atoms with Crippen molar-refractivity contribution in [2.75, 3.05) is 13.1 Å². The van der Waals surface area contributed by atoms with Crippen molar-refractivity contribution in [2.45, 2.75) is 12.8 Å². The summed E-state index contributed by atoms with van der Waals surface area (Å²) < 4.78 is 0. The third-order valence-electron chi connectivity index (χ3n) is 3.59. The maximum Gasteiger partial charge on any atom is 0.0991 e. The minimum Gasteiger partial charge on any atom is -0.290 e. The third-order valence-corrected chi connectivity index (χ3v) is 3.59. The Morgan fingerprint density at radius 1 is 0.654 bits per heavy atom. The van der Waals surface area contributed by atoms with Crippen LogP contribution in [0.2, 0.25) is 0 Å². The Morgan fingerprint density at radius 2 is 1.15 bits per heavy atom. The fraction of sp³-hybridized carbons (Fsp3) is 0.200. The highest BCUT2D eigenvalue weighted by Crippen LogP contribution is 1.97. The maximum absolute atomic E-state index is 4.37. The van der Waals surface area contributed by atoms with Gasteiger partial charge in [-0.15, -0.1) is 0 Å². The van der Waals surface area contributed by atoms with E-state index in [1.165, 1.54) is 0 Å². The molecule has 130 valence electrons. The SMILES string of the molecule is C(=NCCc1ccccn1)c1cnc(C=NCCc2ccccn2)cn1. The van der Waals surface area contributed by atoms with E-state index < -0.39 is 0 Å². The molecule has 0 aliphatic heterocycles. The summed E-state index contributed by atoms with van der Waals surface area (Å²) in [6.07, 6.45) is 12.1. The maximum atomic E-state index is 4.37.